The minimum absolute atomic E-state index is 0.343. The summed E-state index contributed by atoms with van der Waals surface area (Å²) in [6.45, 7) is 12.8. The minimum Gasteiger partial charge on any atom is -0.357 e. The van der Waals surface area contributed by atoms with Crippen LogP contribution in [0.25, 0.3) is 0 Å². The van der Waals surface area contributed by atoms with Gasteiger partial charge in [-0.15, -0.1) is 0 Å². The zero-order valence-electron chi connectivity index (χ0n) is 16.4. The maximum absolute atomic E-state index is 11.7. The van der Waals surface area contributed by atoms with Gasteiger partial charge in [0.05, 0.1) is 11.4 Å². The van der Waals surface area contributed by atoms with Gasteiger partial charge in [0.15, 0.2) is 15.8 Å². The molecule has 0 saturated carbocycles. The second kappa shape index (κ2) is 9.22. The summed E-state index contributed by atoms with van der Waals surface area (Å²) in [5.41, 5.74) is 2.10. The smallest absolute Gasteiger partial charge is 0.191 e. The van der Waals surface area contributed by atoms with Crippen LogP contribution < -0.4 is 10.6 Å². The van der Waals surface area contributed by atoms with Crippen LogP contribution in [0.5, 0.6) is 0 Å². The number of aliphatic imine (C=N–C) groups is 1. The second-order valence-electron chi connectivity index (χ2n) is 7.66. The van der Waals surface area contributed by atoms with Gasteiger partial charge < -0.3 is 10.6 Å². The minimum atomic E-state index is -3.18. The normalized spacial score (nSPS) is 13.0. The Hall–Kier alpha value is -1.56. The number of hydrogen-bond acceptors (Lipinski definition) is 3. The Kier molecular flexibility index (Phi) is 7.93. The Labute approximate surface area is 153 Å². The lowest BCUT2D eigenvalue weighted by Gasteiger charge is -2.18. The molecule has 6 heteroatoms. The summed E-state index contributed by atoms with van der Waals surface area (Å²) in [6.07, 6.45) is 3.49. The molecule has 0 bridgehead atoms. The van der Waals surface area contributed by atoms with Crippen molar-refractivity contribution >= 4 is 15.8 Å². The summed E-state index contributed by atoms with van der Waals surface area (Å²) in [5.74, 6) is 0.793. The molecule has 0 aliphatic rings. The summed E-state index contributed by atoms with van der Waals surface area (Å²) in [6, 6.07) is 5.39. The molecule has 2 N–H and O–H groups in total. The Balaban J connectivity index is 2.69. The van der Waals surface area contributed by atoms with E-state index in [-0.39, 0.29) is 0 Å². The monoisotopic (exact) mass is 367 g/mol. The van der Waals surface area contributed by atoms with E-state index in [4.69, 9.17) is 0 Å². The zero-order chi connectivity index (χ0) is 19.1. The lowest BCUT2D eigenvalue weighted by molar-refractivity contribution is 0.365. The molecular weight excluding hydrogens is 334 g/mol. The molecule has 0 aliphatic carbocycles. The Morgan fingerprint density at radius 3 is 2.40 bits per heavy atom. The van der Waals surface area contributed by atoms with Gasteiger partial charge in [-0.1, -0.05) is 32.9 Å². The standard InChI is InChI=1S/C19H33N3O2S/c1-7-20-18(21-12-8-11-19(3,4)5)22-14-16-9-10-17(15(2)13-16)25(6,23)24/h9-10,13H,7-8,11-12,14H2,1-6H3,(H2,20,21,22). The van der Waals surface area contributed by atoms with Crippen molar-refractivity contribution in [3.63, 3.8) is 0 Å². The Bertz CT molecular complexity index is 689. The first-order valence-electron chi connectivity index (χ1n) is 8.84. The van der Waals surface area contributed by atoms with Crippen molar-refractivity contribution < 1.29 is 8.42 Å². The SMILES string of the molecule is CCNC(=NCc1ccc(S(C)(=O)=O)c(C)c1)NCCCC(C)(C)C. The second-order valence-corrected chi connectivity index (χ2v) is 9.64. The predicted molar refractivity (Wildman–Crippen MR) is 106 cm³/mol. The third-order valence-electron chi connectivity index (χ3n) is 3.80. The molecule has 25 heavy (non-hydrogen) atoms. The molecule has 0 aliphatic heterocycles. The molecule has 0 amide bonds. The molecule has 0 saturated heterocycles. The van der Waals surface area contributed by atoms with Crippen molar-refractivity contribution in [1.29, 1.82) is 0 Å². The van der Waals surface area contributed by atoms with E-state index in [1.165, 1.54) is 6.26 Å². The van der Waals surface area contributed by atoms with Gasteiger partial charge in [0, 0.05) is 19.3 Å². The third-order valence-corrected chi connectivity index (χ3v) is 5.06. The largest absolute Gasteiger partial charge is 0.357 e. The van der Waals surface area contributed by atoms with Crippen LogP contribution in [0.3, 0.4) is 0 Å². The van der Waals surface area contributed by atoms with Gasteiger partial charge >= 0.3 is 0 Å². The molecule has 1 aromatic rings. The molecule has 0 atom stereocenters. The maximum Gasteiger partial charge on any atom is 0.191 e. The first-order chi connectivity index (χ1) is 11.5. The molecule has 0 fully saturated rings. The van der Waals surface area contributed by atoms with Crippen molar-refractivity contribution in [2.45, 2.75) is 58.9 Å². The summed E-state index contributed by atoms with van der Waals surface area (Å²) in [5, 5.41) is 6.60. The molecule has 1 rings (SSSR count). The molecule has 0 spiro atoms. The van der Waals surface area contributed by atoms with Crippen LogP contribution >= 0.6 is 0 Å². The fourth-order valence-corrected chi connectivity index (χ4v) is 3.52. The summed E-state index contributed by atoms with van der Waals surface area (Å²) in [4.78, 5) is 4.98. The van der Waals surface area contributed by atoms with Crippen LogP contribution in [0.2, 0.25) is 0 Å². The highest BCUT2D eigenvalue weighted by Gasteiger charge is 2.11. The lowest BCUT2D eigenvalue weighted by Crippen LogP contribution is -2.38. The fourth-order valence-electron chi connectivity index (χ4n) is 2.56. The average Bonchev–Trinajstić information content (AvgIpc) is 2.46. The number of aryl methyl sites for hydroxylation is 1. The predicted octanol–water partition coefficient (Wildman–Crippen LogP) is 3.28. The van der Waals surface area contributed by atoms with Crippen LogP contribution in [0, 0.1) is 12.3 Å². The first kappa shape index (κ1) is 21.5. The van der Waals surface area contributed by atoms with E-state index >= 15 is 0 Å². The first-order valence-corrected chi connectivity index (χ1v) is 10.7. The zero-order valence-corrected chi connectivity index (χ0v) is 17.3. The van der Waals surface area contributed by atoms with Gasteiger partial charge in [0.2, 0.25) is 0 Å². The van der Waals surface area contributed by atoms with E-state index in [1.54, 1.807) is 6.07 Å². The van der Waals surface area contributed by atoms with E-state index in [9.17, 15) is 8.42 Å². The molecule has 0 unspecified atom stereocenters. The summed E-state index contributed by atoms with van der Waals surface area (Å²) in [7, 11) is -3.18. The van der Waals surface area contributed by atoms with Crippen molar-refractivity contribution in [2.24, 2.45) is 10.4 Å². The highest BCUT2D eigenvalue weighted by atomic mass is 32.2. The Morgan fingerprint density at radius 1 is 1.20 bits per heavy atom. The van der Waals surface area contributed by atoms with Crippen molar-refractivity contribution in [3.05, 3.63) is 29.3 Å². The van der Waals surface area contributed by atoms with E-state index in [0.717, 1.165) is 43.0 Å². The molecule has 5 nitrogen and oxygen atoms in total. The molecule has 142 valence electrons. The quantitative estimate of drug-likeness (QED) is 0.441. The van der Waals surface area contributed by atoms with Crippen LogP contribution in [0.15, 0.2) is 28.1 Å². The highest BCUT2D eigenvalue weighted by molar-refractivity contribution is 7.90. The van der Waals surface area contributed by atoms with Crippen LogP contribution in [-0.2, 0) is 16.4 Å². The van der Waals surface area contributed by atoms with Gasteiger partial charge in [-0.3, -0.25) is 0 Å². The van der Waals surface area contributed by atoms with Gasteiger partial charge in [0.25, 0.3) is 0 Å². The van der Waals surface area contributed by atoms with Crippen molar-refractivity contribution in [1.82, 2.24) is 10.6 Å². The number of nitrogens with one attached hydrogen (secondary N) is 2. The van der Waals surface area contributed by atoms with Gasteiger partial charge in [0.1, 0.15) is 0 Å². The maximum atomic E-state index is 11.7. The number of nitrogens with zero attached hydrogens (tertiary/aromatic N) is 1. The molecule has 1 aromatic carbocycles. The molecular formula is C19H33N3O2S. The van der Waals surface area contributed by atoms with E-state index in [0.29, 0.717) is 16.9 Å². The topological polar surface area (TPSA) is 70.6 Å². The van der Waals surface area contributed by atoms with Gasteiger partial charge in [-0.05, 0) is 49.3 Å². The number of hydrogen-bond donors (Lipinski definition) is 2. The van der Waals surface area contributed by atoms with Crippen LogP contribution in [-0.4, -0.2) is 33.7 Å². The molecule has 0 aromatic heterocycles. The van der Waals surface area contributed by atoms with E-state index < -0.39 is 9.84 Å². The number of benzene rings is 1. The Morgan fingerprint density at radius 2 is 1.88 bits per heavy atom. The lowest BCUT2D eigenvalue weighted by atomic mass is 9.91. The third kappa shape index (κ3) is 8.38. The number of guanidine groups is 1. The fraction of sp³-hybridized carbons (Fsp3) is 0.632. The average molecular weight is 368 g/mol. The molecule has 0 radical (unpaired) electrons. The van der Waals surface area contributed by atoms with E-state index in [2.05, 4.69) is 36.4 Å². The van der Waals surface area contributed by atoms with Gasteiger partial charge in [-0.25, -0.2) is 13.4 Å². The number of sulfone groups is 1. The molecule has 0 heterocycles. The van der Waals surface area contributed by atoms with E-state index in [1.807, 2.05) is 26.0 Å². The summed E-state index contributed by atoms with van der Waals surface area (Å²) < 4.78 is 23.4. The summed E-state index contributed by atoms with van der Waals surface area (Å²) >= 11 is 0. The van der Waals surface area contributed by atoms with Gasteiger partial charge in [-0.2, -0.15) is 0 Å². The number of rotatable bonds is 7. The van der Waals surface area contributed by atoms with Crippen LogP contribution in [0.4, 0.5) is 0 Å². The van der Waals surface area contributed by atoms with Crippen molar-refractivity contribution in [2.75, 3.05) is 19.3 Å². The highest BCUT2D eigenvalue weighted by Crippen LogP contribution is 2.20. The van der Waals surface area contributed by atoms with Crippen molar-refractivity contribution in [3.8, 4) is 0 Å². The van der Waals surface area contributed by atoms with Crippen LogP contribution in [0.1, 0.15) is 51.7 Å².